The SMILES string of the molecule is CS(=O)CCC1(N)CC=CCC1. The molecule has 70 valence electrons. The van der Waals surface area contributed by atoms with Crippen molar-refractivity contribution in [3.8, 4) is 0 Å². The van der Waals surface area contributed by atoms with E-state index in [4.69, 9.17) is 5.73 Å². The van der Waals surface area contributed by atoms with Crippen molar-refractivity contribution in [1.29, 1.82) is 0 Å². The van der Waals surface area contributed by atoms with E-state index in [1.807, 2.05) is 0 Å². The van der Waals surface area contributed by atoms with Crippen molar-refractivity contribution in [2.45, 2.75) is 31.2 Å². The minimum Gasteiger partial charge on any atom is -0.325 e. The van der Waals surface area contributed by atoms with E-state index in [-0.39, 0.29) is 5.54 Å². The minimum atomic E-state index is -0.697. The Balaban J connectivity index is 2.38. The molecule has 1 aliphatic rings. The van der Waals surface area contributed by atoms with Crippen LogP contribution in [0.4, 0.5) is 0 Å². The molecule has 2 atom stereocenters. The van der Waals surface area contributed by atoms with Crippen molar-refractivity contribution >= 4 is 10.8 Å². The monoisotopic (exact) mass is 187 g/mol. The lowest BCUT2D eigenvalue weighted by molar-refractivity contribution is 0.377. The summed E-state index contributed by atoms with van der Waals surface area (Å²) in [4.78, 5) is 0. The Bertz CT molecular complexity index is 203. The maximum Gasteiger partial charge on any atom is 0.0249 e. The quantitative estimate of drug-likeness (QED) is 0.674. The summed E-state index contributed by atoms with van der Waals surface area (Å²) < 4.78 is 10.9. The highest BCUT2D eigenvalue weighted by Crippen LogP contribution is 2.24. The Morgan fingerprint density at radius 2 is 2.33 bits per heavy atom. The topological polar surface area (TPSA) is 43.1 Å². The zero-order valence-electron chi connectivity index (χ0n) is 7.58. The first-order chi connectivity index (χ1) is 5.62. The predicted octanol–water partition coefficient (Wildman–Crippen LogP) is 1.19. The summed E-state index contributed by atoms with van der Waals surface area (Å²) in [5.41, 5.74) is 6.05. The lowest BCUT2D eigenvalue weighted by atomic mass is 9.84. The van der Waals surface area contributed by atoms with Gasteiger partial charge in [0.15, 0.2) is 0 Å². The van der Waals surface area contributed by atoms with Crippen LogP contribution in [-0.4, -0.2) is 21.8 Å². The van der Waals surface area contributed by atoms with E-state index in [0.29, 0.717) is 0 Å². The van der Waals surface area contributed by atoms with Gasteiger partial charge in [0.05, 0.1) is 0 Å². The van der Waals surface area contributed by atoms with Gasteiger partial charge in [-0.3, -0.25) is 4.21 Å². The largest absolute Gasteiger partial charge is 0.325 e. The third kappa shape index (κ3) is 3.07. The van der Waals surface area contributed by atoms with Crippen LogP contribution in [0, 0.1) is 0 Å². The average molecular weight is 187 g/mol. The molecule has 0 aromatic heterocycles. The van der Waals surface area contributed by atoms with Gasteiger partial charge >= 0.3 is 0 Å². The fraction of sp³-hybridized carbons (Fsp3) is 0.778. The molecule has 0 fully saturated rings. The van der Waals surface area contributed by atoms with E-state index in [1.165, 1.54) is 0 Å². The molecule has 0 amide bonds. The predicted molar refractivity (Wildman–Crippen MR) is 53.5 cm³/mol. The average Bonchev–Trinajstić information content (AvgIpc) is 2.03. The third-order valence-electron chi connectivity index (χ3n) is 2.39. The molecule has 0 heterocycles. The van der Waals surface area contributed by atoms with Crippen molar-refractivity contribution in [2.24, 2.45) is 5.73 Å². The van der Waals surface area contributed by atoms with E-state index in [0.717, 1.165) is 31.4 Å². The van der Waals surface area contributed by atoms with E-state index in [1.54, 1.807) is 6.26 Å². The van der Waals surface area contributed by atoms with Gasteiger partial charge in [-0.1, -0.05) is 12.2 Å². The fourth-order valence-corrected chi connectivity index (χ4v) is 2.18. The Kier molecular flexibility index (Phi) is 3.47. The minimum absolute atomic E-state index is 0.0690. The van der Waals surface area contributed by atoms with Gasteiger partial charge in [-0.25, -0.2) is 0 Å². The molecule has 1 rings (SSSR count). The standard InChI is InChI=1S/C9H17NOS/c1-12(11)8-7-9(10)5-3-2-4-6-9/h2-3H,4-8,10H2,1H3. The highest BCUT2D eigenvalue weighted by Gasteiger charge is 2.24. The molecule has 0 bridgehead atoms. The molecule has 3 heteroatoms. The van der Waals surface area contributed by atoms with Crippen molar-refractivity contribution in [1.82, 2.24) is 0 Å². The third-order valence-corrected chi connectivity index (χ3v) is 3.17. The fourth-order valence-electron chi connectivity index (χ4n) is 1.48. The van der Waals surface area contributed by atoms with Gasteiger partial charge in [0.2, 0.25) is 0 Å². The van der Waals surface area contributed by atoms with Gasteiger partial charge in [0.1, 0.15) is 0 Å². The highest BCUT2D eigenvalue weighted by molar-refractivity contribution is 7.84. The molecule has 0 aromatic rings. The van der Waals surface area contributed by atoms with Gasteiger partial charge in [0, 0.05) is 28.3 Å². The molecule has 0 saturated heterocycles. The lowest BCUT2D eigenvalue weighted by Crippen LogP contribution is -2.41. The van der Waals surface area contributed by atoms with Crippen LogP contribution in [0.15, 0.2) is 12.2 Å². The Morgan fingerprint density at radius 3 is 2.83 bits per heavy atom. The molecule has 0 aliphatic heterocycles. The second-order valence-corrected chi connectivity index (χ2v) is 5.16. The van der Waals surface area contributed by atoms with Gasteiger partial charge in [-0.2, -0.15) is 0 Å². The molecule has 1 aliphatic carbocycles. The lowest BCUT2D eigenvalue weighted by Gasteiger charge is -2.30. The second kappa shape index (κ2) is 4.19. The smallest absolute Gasteiger partial charge is 0.0249 e. The molecule has 0 spiro atoms. The summed E-state index contributed by atoms with van der Waals surface area (Å²) in [6, 6.07) is 0. The first-order valence-electron chi connectivity index (χ1n) is 4.36. The number of hydrogen-bond donors (Lipinski definition) is 1. The highest BCUT2D eigenvalue weighted by atomic mass is 32.2. The van der Waals surface area contributed by atoms with Crippen LogP contribution in [0.3, 0.4) is 0 Å². The molecular weight excluding hydrogens is 170 g/mol. The van der Waals surface area contributed by atoms with Gasteiger partial charge in [-0.05, 0) is 25.7 Å². The molecule has 0 saturated carbocycles. The maximum atomic E-state index is 10.9. The maximum absolute atomic E-state index is 10.9. The van der Waals surface area contributed by atoms with Crippen molar-refractivity contribution in [3.63, 3.8) is 0 Å². The molecule has 0 aromatic carbocycles. The van der Waals surface area contributed by atoms with Gasteiger partial charge in [0.25, 0.3) is 0 Å². The summed E-state index contributed by atoms with van der Waals surface area (Å²) in [6.07, 6.45) is 10.0. The van der Waals surface area contributed by atoms with Gasteiger partial charge < -0.3 is 5.73 Å². The van der Waals surface area contributed by atoms with Crippen molar-refractivity contribution in [2.75, 3.05) is 12.0 Å². The Morgan fingerprint density at radius 1 is 1.58 bits per heavy atom. The molecule has 12 heavy (non-hydrogen) atoms. The summed E-state index contributed by atoms with van der Waals surface area (Å²) >= 11 is 0. The normalized spacial score (nSPS) is 31.8. The first kappa shape index (κ1) is 9.93. The number of nitrogens with two attached hydrogens (primary N) is 1. The van der Waals surface area contributed by atoms with Crippen molar-refractivity contribution in [3.05, 3.63) is 12.2 Å². The van der Waals surface area contributed by atoms with Crippen LogP contribution in [0.2, 0.25) is 0 Å². The number of hydrogen-bond acceptors (Lipinski definition) is 2. The summed E-state index contributed by atoms with van der Waals surface area (Å²) in [6.45, 7) is 0. The molecule has 2 N–H and O–H groups in total. The van der Waals surface area contributed by atoms with Gasteiger partial charge in [-0.15, -0.1) is 0 Å². The molecule has 0 radical (unpaired) electrons. The summed E-state index contributed by atoms with van der Waals surface area (Å²) in [5.74, 6) is 0.740. The van der Waals surface area contributed by atoms with E-state index in [2.05, 4.69) is 12.2 Å². The van der Waals surface area contributed by atoms with Crippen LogP contribution >= 0.6 is 0 Å². The molecule has 2 unspecified atom stereocenters. The zero-order chi connectivity index (χ0) is 9.03. The summed E-state index contributed by atoms with van der Waals surface area (Å²) in [7, 11) is -0.697. The van der Waals surface area contributed by atoms with Crippen LogP contribution in [0.25, 0.3) is 0 Å². The number of rotatable bonds is 3. The molecule has 2 nitrogen and oxygen atoms in total. The van der Waals surface area contributed by atoms with Crippen LogP contribution in [-0.2, 0) is 10.8 Å². The first-order valence-corrected chi connectivity index (χ1v) is 6.09. The van der Waals surface area contributed by atoms with Crippen LogP contribution in [0.1, 0.15) is 25.7 Å². The zero-order valence-corrected chi connectivity index (χ0v) is 8.40. The van der Waals surface area contributed by atoms with Crippen LogP contribution < -0.4 is 5.73 Å². The van der Waals surface area contributed by atoms with Crippen molar-refractivity contribution < 1.29 is 4.21 Å². The van der Waals surface area contributed by atoms with E-state index in [9.17, 15) is 4.21 Å². The summed E-state index contributed by atoms with van der Waals surface area (Å²) in [5, 5.41) is 0. The number of allylic oxidation sites excluding steroid dienone is 1. The second-order valence-electron chi connectivity index (χ2n) is 3.60. The Hall–Kier alpha value is -0.150. The Labute approximate surface area is 76.7 Å². The van der Waals surface area contributed by atoms with Crippen LogP contribution in [0.5, 0.6) is 0 Å². The van der Waals surface area contributed by atoms with E-state index < -0.39 is 10.8 Å². The molecular formula is C9H17NOS. The van der Waals surface area contributed by atoms with E-state index >= 15 is 0 Å².